The van der Waals surface area contributed by atoms with Gasteiger partial charge in [-0.3, -0.25) is 4.98 Å². The van der Waals surface area contributed by atoms with E-state index in [1.807, 2.05) is 0 Å². The van der Waals surface area contributed by atoms with Crippen LogP contribution in [0.15, 0.2) is 29.4 Å². The van der Waals surface area contributed by atoms with Crippen molar-refractivity contribution >= 4 is 10.0 Å². The standard InChI is InChI=1S/C14H23N3O2S/c1-3-7-16-14-6-9-17(11-12(14)2)20(18,19)13-5-4-8-15-10-13/h4-5,8,10,12,14,16H,3,6-7,9,11H2,1-2H3. The van der Waals surface area contributed by atoms with Crippen molar-refractivity contribution < 1.29 is 8.42 Å². The van der Waals surface area contributed by atoms with Gasteiger partial charge in [-0.2, -0.15) is 4.31 Å². The SMILES string of the molecule is CCCNC1CCN(S(=O)(=O)c2cccnc2)CC1C. The molecule has 6 heteroatoms. The Bertz CT molecular complexity index is 518. The van der Waals surface area contributed by atoms with E-state index in [4.69, 9.17) is 0 Å². The Hall–Kier alpha value is -0.980. The summed E-state index contributed by atoms with van der Waals surface area (Å²) in [6.07, 6.45) is 4.96. The number of nitrogens with one attached hydrogen (secondary N) is 1. The van der Waals surface area contributed by atoms with Crippen molar-refractivity contribution in [2.75, 3.05) is 19.6 Å². The van der Waals surface area contributed by atoms with Gasteiger partial charge in [-0.05, 0) is 37.4 Å². The molecule has 0 aliphatic carbocycles. The summed E-state index contributed by atoms with van der Waals surface area (Å²) in [6, 6.07) is 3.68. The lowest BCUT2D eigenvalue weighted by Gasteiger charge is -2.36. The molecule has 1 saturated heterocycles. The van der Waals surface area contributed by atoms with Crippen LogP contribution in [0.2, 0.25) is 0 Å². The molecule has 2 heterocycles. The number of hydrogen-bond acceptors (Lipinski definition) is 4. The number of sulfonamides is 1. The van der Waals surface area contributed by atoms with Gasteiger partial charge in [0.25, 0.3) is 0 Å². The van der Waals surface area contributed by atoms with Gasteiger partial charge < -0.3 is 5.32 Å². The predicted molar refractivity (Wildman–Crippen MR) is 78.9 cm³/mol. The topological polar surface area (TPSA) is 62.3 Å². The number of aromatic nitrogens is 1. The van der Waals surface area contributed by atoms with Crippen molar-refractivity contribution in [3.8, 4) is 0 Å². The van der Waals surface area contributed by atoms with Crippen LogP contribution in [0.4, 0.5) is 0 Å². The van der Waals surface area contributed by atoms with E-state index in [2.05, 4.69) is 24.1 Å². The average molecular weight is 297 g/mol. The molecule has 2 unspecified atom stereocenters. The molecular formula is C14H23N3O2S. The van der Waals surface area contributed by atoms with Gasteiger partial charge in [-0.1, -0.05) is 13.8 Å². The number of pyridine rings is 1. The van der Waals surface area contributed by atoms with E-state index in [0.29, 0.717) is 25.0 Å². The second-order valence-electron chi connectivity index (χ2n) is 5.38. The van der Waals surface area contributed by atoms with Gasteiger partial charge in [-0.15, -0.1) is 0 Å². The van der Waals surface area contributed by atoms with E-state index < -0.39 is 10.0 Å². The largest absolute Gasteiger partial charge is 0.314 e. The Balaban J connectivity index is 2.05. The first-order valence-corrected chi connectivity index (χ1v) is 8.63. The lowest BCUT2D eigenvalue weighted by Crippen LogP contribution is -2.50. The normalized spacial score (nSPS) is 24.7. The first-order chi connectivity index (χ1) is 9.55. The molecule has 0 bridgehead atoms. The summed E-state index contributed by atoms with van der Waals surface area (Å²) in [4.78, 5) is 4.19. The molecule has 0 amide bonds. The molecule has 2 atom stereocenters. The maximum absolute atomic E-state index is 12.5. The molecule has 1 aliphatic heterocycles. The van der Waals surface area contributed by atoms with Gasteiger partial charge in [0.2, 0.25) is 10.0 Å². The van der Waals surface area contributed by atoms with E-state index in [1.165, 1.54) is 6.20 Å². The van der Waals surface area contributed by atoms with E-state index in [-0.39, 0.29) is 4.90 Å². The Morgan fingerprint density at radius 2 is 2.30 bits per heavy atom. The monoisotopic (exact) mass is 297 g/mol. The molecule has 0 spiro atoms. The Morgan fingerprint density at radius 1 is 1.50 bits per heavy atom. The molecule has 0 aromatic carbocycles. The van der Waals surface area contributed by atoms with Crippen LogP contribution in [0, 0.1) is 5.92 Å². The number of piperidine rings is 1. The van der Waals surface area contributed by atoms with Crippen LogP contribution in [-0.2, 0) is 10.0 Å². The van der Waals surface area contributed by atoms with Gasteiger partial charge in [0.1, 0.15) is 4.90 Å². The summed E-state index contributed by atoms with van der Waals surface area (Å²) >= 11 is 0. The highest BCUT2D eigenvalue weighted by Crippen LogP contribution is 2.23. The molecule has 1 N–H and O–H groups in total. The van der Waals surface area contributed by atoms with Crippen LogP contribution in [0.3, 0.4) is 0 Å². The summed E-state index contributed by atoms with van der Waals surface area (Å²) in [5.74, 6) is 0.321. The summed E-state index contributed by atoms with van der Waals surface area (Å²) in [5, 5.41) is 3.50. The fourth-order valence-corrected chi connectivity index (χ4v) is 4.13. The minimum Gasteiger partial charge on any atom is -0.314 e. The smallest absolute Gasteiger partial charge is 0.244 e. The lowest BCUT2D eigenvalue weighted by molar-refractivity contribution is 0.220. The Morgan fingerprint density at radius 3 is 2.90 bits per heavy atom. The van der Waals surface area contributed by atoms with Crippen molar-refractivity contribution in [1.29, 1.82) is 0 Å². The third-order valence-corrected chi connectivity index (χ3v) is 5.65. The highest BCUT2D eigenvalue weighted by molar-refractivity contribution is 7.89. The second kappa shape index (κ2) is 6.65. The maximum Gasteiger partial charge on any atom is 0.244 e. The van der Waals surface area contributed by atoms with Crippen LogP contribution in [0.1, 0.15) is 26.7 Å². The molecule has 112 valence electrons. The molecule has 1 fully saturated rings. The number of rotatable bonds is 5. The zero-order valence-electron chi connectivity index (χ0n) is 12.1. The lowest BCUT2D eigenvalue weighted by atomic mass is 9.95. The highest BCUT2D eigenvalue weighted by Gasteiger charge is 2.33. The van der Waals surface area contributed by atoms with Crippen LogP contribution in [0.5, 0.6) is 0 Å². The molecule has 0 saturated carbocycles. The minimum absolute atomic E-state index is 0.284. The van der Waals surface area contributed by atoms with Gasteiger partial charge in [0.15, 0.2) is 0 Å². The van der Waals surface area contributed by atoms with Crippen LogP contribution in [-0.4, -0.2) is 43.4 Å². The van der Waals surface area contributed by atoms with E-state index >= 15 is 0 Å². The zero-order valence-corrected chi connectivity index (χ0v) is 12.9. The van der Waals surface area contributed by atoms with Crippen molar-refractivity contribution in [3.63, 3.8) is 0 Å². The first-order valence-electron chi connectivity index (χ1n) is 7.19. The molecule has 2 rings (SSSR count). The third-order valence-electron chi connectivity index (χ3n) is 3.80. The zero-order chi connectivity index (χ0) is 14.6. The number of hydrogen-bond donors (Lipinski definition) is 1. The molecular weight excluding hydrogens is 274 g/mol. The summed E-state index contributed by atoms with van der Waals surface area (Å²) in [7, 11) is -3.40. The van der Waals surface area contributed by atoms with Crippen LogP contribution < -0.4 is 5.32 Å². The van der Waals surface area contributed by atoms with Crippen molar-refractivity contribution in [3.05, 3.63) is 24.5 Å². The fourth-order valence-electron chi connectivity index (χ4n) is 2.61. The van der Waals surface area contributed by atoms with Crippen LogP contribution in [0.25, 0.3) is 0 Å². The van der Waals surface area contributed by atoms with E-state index in [9.17, 15) is 8.42 Å². The highest BCUT2D eigenvalue weighted by atomic mass is 32.2. The minimum atomic E-state index is -3.40. The molecule has 0 radical (unpaired) electrons. The third kappa shape index (κ3) is 3.37. The van der Waals surface area contributed by atoms with E-state index in [1.54, 1.807) is 22.6 Å². The molecule has 1 aromatic heterocycles. The van der Waals surface area contributed by atoms with Gasteiger partial charge in [0.05, 0.1) is 0 Å². The molecule has 1 aromatic rings. The molecule has 5 nitrogen and oxygen atoms in total. The second-order valence-corrected chi connectivity index (χ2v) is 7.32. The van der Waals surface area contributed by atoms with Crippen molar-refractivity contribution in [2.45, 2.75) is 37.6 Å². The molecule has 1 aliphatic rings. The predicted octanol–water partition coefficient (Wildman–Crippen LogP) is 1.48. The quantitative estimate of drug-likeness (QED) is 0.894. The van der Waals surface area contributed by atoms with Crippen molar-refractivity contribution in [1.82, 2.24) is 14.6 Å². The Labute approximate surface area is 121 Å². The summed E-state index contributed by atoms with van der Waals surface area (Å²) in [5.41, 5.74) is 0. The first kappa shape index (κ1) is 15.4. The Kier molecular flexibility index (Phi) is 5.12. The van der Waals surface area contributed by atoms with Gasteiger partial charge in [0, 0.05) is 31.5 Å². The summed E-state index contributed by atoms with van der Waals surface area (Å²) < 4.78 is 26.6. The molecule has 20 heavy (non-hydrogen) atoms. The van der Waals surface area contributed by atoms with Gasteiger partial charge in [-0.25, -0.2) is 8.42 Å². The average Bonchev–Trinajstić information content (AvgIpc) is 2.47. The van der Waals surface area contributed by atoms with Crippen molar-refractivity contribution in [2.24, 2.45) is 5.92 Å². The van der Waals surface area contributed by atoms with Gasteiger partial charge >= 0.3 is 0 Å². The number of nitrogens with zero attached hydrogens (tertiary/aromatic N) is 2. The maximum atomic E-state index is 12.5. The summed E-state index contributed by atoms with van der Waals surface area (Å²) in [6.45, 7) is 6.38. The van der Waals surface area contributed by atoms with E-state index in [0.717, 1.165) is 19.4 Å². The fraction of sp³-hybridized carbons (Fsp3) is 0.643. The van der Waals surface area contributed by atoms with Crippen LogP contribution >= 0.6 is 0 Å².